The lowest BCUT2D eigenvalue weighted by Crippen LogP contribution is -2.22. The molecule has 5 aromatic rings. The molecule has 0 bridgehead atoms. The van der Waals surface area contributed by atoms with Crippen molar-refractivity contribution in [3.63, 3.8) is 0 Å². The highest BCUT2D eigenvalue weighted by Gasteiger charge is 2.17. The number of nitrogens with zero attached hydrogens (tertiary/aromatic N) is 2. The van der Waals surface area contributed by atoms with Gasteiger partial charge >= 0.3 is 0 Å². The van der Waals surface area contributed by atoms with Crippen LogP contribution < -0.4 is 10.9 Å². The quantitative estimate of drug-likeness (QED) is 0.381. The summed E-state index contributed by atoms with van der Waals surface area (Å²) in [4.78, 5) is 22.2. The van der Waals surface area contributed by atoms with Gasteiger partial charge in [0.25, 0.3) is 5.91 Å². The fourth-order valence-corrected chi connectivity index (χ4v) is 3.85. The second-order valence-corrected chi connectivity index (χ2v) is 7.81. The molecule has 1 amide bonds. The van der Waals surface area contributed by atoms with Crippen LogP contribution in [-0.4, -0.2) is 16.0 Å². The normalized spacial score (nSPS) is 11.8. The number of rotatable bonds is 4. The van der Waals surface area contributed by atoms with Gasteiger partial charge in [0, 0.05) is 28.2 Å². The summed E-state index contributed by atoms with van der Waals surface area (Å²) < 4.78 is 19.8. The molecule has 3 aromatic carbocycles. The van der Waals surface area contributed by atoms with Gasteiger partial charge in [0.2, 0.25) is 5.55 Å². The van der Waals surface area contributed by atoms with Crippen molar-refractivity contribution in [2.24, 2.45) is 4.99 Å². The predicted octanol–water partition coefficient (Wildman–Crippen LogP) is 5.41. The minimum Gasteiger partial charge on any atom is -0.436 e. The number of nitrogens with one attached hydrogen (secondary N) is 1. The number of benzene rings is 3. The Kier molecular flexibility index (Phi) is 5.61. The summed E-state index contributed by atoms with van der Waals surface area (Å²) in [6.07, 6.45) is 1.54. The van der Waals surface area contributed by atoms with Gasteiger partial charge in [-0.3, -0.25) is 9.78 Å². The molecule has 0 radical (unpaired) electrons. The van der Waals surface area contributed by atoms with Crippen molar-refractivity contribution >= 4 is 39.0 Å². The molecular formula is C27H20FN3O3. The van der Waals surface area contributed by atoms with Crippen LogP contribution in [0.1, 0.15) is 21.6 Å². The predicted molar refractivity (Wildman–Crippen MR) is 128 cm³/mol. The third-order valence-electron chi connectivity index (χ3n) is 5.54. The number of carbonyl (C=O) groups excluding carboxylic acids is 1. The van der Waals surface area contributed by atoms with Crippen molar-refractivity contribution in [1.29, 1.82) is 0 Å². The largest absolute Gasteiger partial charge is 0.436 e. The van der Waals surface area contributed by atoms with Crippen LogP contribution in [0.5, 0.6) is 0 Å². The highest BCUT2D eigenvalue weighted by atomic mass is 19.1. The number of amides is 1. The molecule has 0 atom stereocenters. The van der Waals surface area contributed by atoms with E-state index in [1.165, 1.54) is 18.2 Å². The third-order valence-corrected chi connectivity index (χ3v) is 5.54. The number of anilines is 1. The maximum absolute atomic E-state index is 13.8. The zero-order chi connectivity index (χ0) is 23.7. The molecular weight excluding hydrogens is 433 g/mol. The van der Waals surface area contributed by atoms with E-state index in [-0.39, 0.29) is 17.7 Å². The molecule has 2 aromatic heterocycles. The molecule has 0 unspecified atom stereocenters. The summed E-state index contributed by atoms with van der Waals surface area (Å²) in [6, 6.07) is 20.7. The van der Waals surface area contributed by atoms with Gasteiger partial charge in [0.15, 0.2) is 5.58 Å². The molecule has 0 aliphatic rings. The molecule has 0 saturated carbocycles. The minimum absolute atomic E-state index is 0.0100. The lowest BCUT2D eigenvalue weighted by atomic mass is 10.1. The highest BCUT2D eigenvalue weighted by Crippen LogP contribution is 2.25. The van der Waals surface area contributed by atoms with Gasteiger partial charge in [0.1, 0.15) is 11.4 Å². The fraction of sp³-hybridized carbons (Fsp3) is 0.0741. The monoisotopic (exact) mass is 453 g/mol. The molecule has 0 aliphatic carbocycles. The summed E-state index contributed by atoms with van der Waals surface area (Å²) in [6.45, 7) is 1.48. The standard InChI is InChI=1S/C27H20FN3O3/c1-16-25-22(18(15-32)14-29-16)13-23(27(34-25)30-20-9-5-8-19(28)12-20)26(33)31-24-11-4-7-17-6-2-3-10-21(17)24/h2-14,32H,15H2,1H3,(H,31,33). The lowest BCUT2D eigenvalue weighted by molar-refractivity contribution is 0.102. The number of halogens is 1. The van der Waals surface area contributed by atoms with Gasteiger partial charge in [0.05, 0.1) is 18.0 Å². The number of aromatic nitrogens is 1. The maximum atomic E-state index is 13.8. The first-order chi connectivity index (χ1) is 16.5. The van der Waals surface area contributed by atoms with Gasteiger partial charge in [-0.25, -0.2) is 9.38 Å². The fourth-order valence-electron chi connectivity index (χ4n) is 3.85. The molecule has 6 nitrogen and oxygen atoms in total. The van der Waals surface area contributed by atoms with Gasteiger partial charge in [-0.15, -0.1) is 0 Å². The third kappa shape index (κ3) is 4.04. The van der Waals surface area contributed by atoms with Crippen molar-refractivity contribution in [1.82, 2.24) is 4.98 Å². The Labute approximate surface area is 194 Å². The van der Waals surface area contributed by atoms with Crippen LogP contribution in [0, 0.1) is 12.7 Å². The zero-order valence-electron chi connectivity index (χ0n) is 18.2. The molecule has 34 heavy (non-hydrogen) atoms. The van der Waals surface area contributed by atoms with E-state index in [0.717, 1.165) is 10.8 Å². The number of fused-ring (bicyclic) bond motifs is 2. The van der Waals surface area contributed by atoms with Gasteiger partial charge in [-0.1, -0.05) is 42.5 Å². The molecule has 0 fully saturated rings. The van der Waals surface area contributed by atoms with E-state index >= 15 is 0 Å². The number of aliphatic hydroxyl groups is 1. The smallest absolute Gasteiger partial charge is 0.261 e. The van der Waals surface area contributed by atoms with E-state index < -0.39 is 11.7 Å². The highest BCUT2D eigenvalue weighted by molar-refractivity contribution is 6.10. The topological polar surface area (TPSA) is 87.7 Å². The van der Waals surface area contributed by atoms with E-state index in [4.69, 9.17) is 4.42 Å². The van der Waals surface area contributed by atoms with E-state index in [2.05, 4.69) is 15.3 Å². The number of pyridine rings is 1. The number of hydrogen-bond donors (Lipinski definition) is 2. The summed E-state index contributed by atoms with van der Waals surface area (Å²) in [5.41, 5.74) is 2.56. The molecule has 5 rings (SSSR count). The van der Waals surface area contributed by atoms with Crippen LogP contribution >= 0.6 is 0 Å². The number of hydrogen-bond acceptors (Lipinski definition) is 5. The van der Waals surface area contributed by atoms with Crippen LogP contribution in [0.15, 0.2) is 88.4 Å². The Morgan fingerprint density at radius 2 is 1.85 bits per heavy atom. The van der Waals surface area contributed by atoms with E-state index in [1.54, 1.807) is 25.3 Å². The number of aliphatic hydroxyl groups excluding tert-OH is 1. The molecule has 0 aliphatic heterocycles. The molecule has 0 saturated heterocycles. The average molecular weight is 453 g/mol. The van der Waals surface area contributed by atoms with Gasteiger partial charge < -0.3 is 14.8 Å². The van der Waals surface area contributed by atoms with E-state index in [1.807, 2.05) is 42.5 Å². The first kappa shape index (κ1) is 21.5. The van der Waals surface area contributed by atoms with Gasteiger partial charge in [-0.05, 0) is 42.6 Å². The molecule has 2 N–H and O–H groups in total. The zero-order valence-corrected chi connectivity index (χ0v) is 18.2. The van der Waals surface area contributed by atoms with Crippen LogP contribution in [0.4, 0.5) is 15.8 Å². The first-order valence-electron chi connectivity index (χ1n) is 10.7. The molecule has 2 heterocycles. The first-order valence-corrected chi connectivity index (χ1v) is 10.7. The second-order valence-electron chi connectivity index (χ2n) is 7.81. The van der Waals surface area contributed by atoms with Crippen LogP contribution in [0.25, 0.3) is 21.7 Å². The Morgan fingerprint density at radius 3 is 2.68 bits per heavy atom. The lowest BCUT2D eigenvalue weighted by Gasteiger charge is -2.11. The minimum atomic E-state index is -0.454. The van der Waals surface area contributed by atoms with Crippen LogP contribution in [0.3, 0.4) is 0 Å². The molecule has 7 heteroatoms. The van der Waals surface area contributed by atoms with Crippen molar-refractivity contribution in [3.05, 3.63) is 107 Å². The van der Waals surface area contributed by atoms with Crippen LogP contribution in [0.2, 0.25) is 0 Å². The summed E-state index contributed by atoms with van der Waals surface area (Å²) >= 11 is 0. The SMILES string of the molecule is Cc1ncc(CO)c2cc(C(=O)Nc3cccc4ccccc34)c(=Nc3cccc(F)c3)oc12. The van der Waals surface area contributed by atoms with Crippen molar-refractivity contribution in [2.75, 3.05) is 5.32 Å². The van der Waals surface area contributed by atoms with E-state index in [9.17, 15) is 14.3 Å². The van der Waals surface area contributed by atoms with Crippen molar-refractivity contribution in [3.8, 4) is 0 Å². The molecule has 0 spiro atoms. The van der Waals surface area contributed by atoms with E-state index in [0.29, 0.717) is 33.6 Å². The summed E-state index contributed by atoms with van der Waals surface area (Å²) in [7, 11) is 0. The van der Waals surface area contributed by atoms with Crippen molar-refractivity contribution in [2.45, 2.75) is 13.5 Å². The number of aryl methyl sites for hydroxylation is 1. The van der Waals surface area contributed by atoms with Crippen molar-refractivity contribution < 1.29 is 18.7 Å². The Hall–Kier alpha value is -4.36. The van der Waals surface area contributed by atoms with Gasteiger partial charge in [-0.2, -0.15) is 0 Å². The number of carbonyl (C=O) groups is 1. The second kappa shape index (κ2) is 8.88. The van der Waals surface area contributed by atoms with Crippen LogP contribution in [-0.2, 0) is 6.61 Å². The Bertz CT molecular complexity index is 1620. The Morgan fingerprint density at radius 1 is 1.06 bits per heavy atom. The Balaban J connectivity index is 1.71. The summed E-state index contributed by atoms with van der Waals surface area (Å²) in [5.74, 6) is -0.903. The maximum Gasteiger partial charge on any atom is 0.261 e. The average Bonchev–Trinajstić information content (AvgIpc) is 2.84. The summed E-state index contributed by atoms with van der Waals surface area (Å²) in [5, 5.41) is 15.2. The molecule has 168 valence electrons.